The van der Waals surface area contributed by atoms with E-state index in [2.05, 4.69) is 16.8 Å². The molecule has 0 fully saturated rings. The third kappa shape index (κ3) is 3.98. The molecule has 0 saturated carbocycles. The highest BCUT2D eigenvalue weighted by Crippen LogP contribution is 2.30. The fraction of sp³-hybridized carbons (Fsp3) is 0.227. The number of allylic oxidation sites excluding steroid dienone is 1. The normalized spacial score (nSPS) is 15.8. The summed E-state index contributed by atoms with van der Waals surface area (Å²) in [6.45, 7) is 4.34. The van der Waals surface area contributed by atoms with Crippen molar-refractivity contribution >= 4 is 23.0 Å². The lowest BCUT2D eigenvalue weighted by molar-refractivity contribution is -0.133. The number of rotatable bonds is 6. The van der Waals surface area contributed by atoms with Gasteiger partial charge in [0.15, 0.2) is 0 Å². The second kappa shape index (κ2) is 8.14. The predicted octanol–water partition coefficient (Wildman–Crippen LogP) is 4.75. The Labute approximate surface area is 171 Å². The van der Waals surface area contributed by atoms with Crippen molar-refractivity contribution < 1.29 is 18.0 Å². The molecule has 3 aromatic rings. The van der Waals surface area contributed by atoms with Gasteiger partial charge >= 0.3 is 0 Å². The van der Waals surface area contributed by atoms with Gasteiger partial charge in [-0.25, -0.2) is 18.2 Å². The van der Waals surface area contributed by atoms with E-state index in [4.69, 9.17) is 0 Å². The smallest absolute Gasteiger partial charge is 0.243 e. The summed E-state index contributed by atoms with van der Waals surface area (Å²) in [6, 6.07) is 7.44. The van der Waals surface area contributed by atoms with Gasteiger partial charge in [0, 0.05) is 25.1 Å². The van der Waals surface area contributed by atoms with Crippen molar-refractivity contribution in [1.29, 1.82) is 0 Å². The summed E-state index contributed by atoms with van der Waals surface area (Å²) in [4.78, 5) is 12.7. The molecule has 2 heterocycles. The Kier molecular flexibility index (Phi) is 5.39. The molecule has 0 radical (unpaired) electrons. The van der Waals surface area contributed by atoms with Gasteiger partial charge < -0.3 is 0 Å². The van der Waals surface area contributed by atoms with Crippen molar-refractivity contribution in [3.63, 3.8) is 0 Å². The molecule has 2 aromatic carbocycles. The molecule has 1 amide bonds. The molecule has 0 spiro atoms. The van der Waals surface area contributed by atoms with Gasteiger partial charge in [-0.05, 0) is 36.2 Å². The zero-order valence-electron chi connectivity index (χ0n) is 16.1. The molecule has 8 heteroatoms. The van der Waals surface area contributed by atoms with Crippen molar-refractivity contribution in [3.05, 3.63) is 77.8 Å². The molecule has 1 aliphatic heterocycles. The van der Waals surface area contributed by atoms with Crippen LogP contribution in [0.4, 0.5) is 13.2 Å². The number of halogens is 3. The monoisotopic (exact) mass is 412 g/mol. The van der Waals surface area contributed by atoms with Crippen molar-refractivity contribution in [2.75, 3.05) is 0 Å². The molecule has 0 bridgehead atoms. The van der Waals surface area contributed by atoms with Crippen LogP contribution in [0, 0.1) is 17.5 Å². The number of hydrazone groups is 1. The lowest BCUT2D eigenvalue weighted by Gasteiger charge is -2.22. The maximum Gasteiger partial charge on any atom is 0.243 e. The first-order valence-electron chi connectivity index (χ1n) is 9.49. The number of benzene rings is 2. The van der Waals surface area contributed by atoms with E-state index >= 15 is 0 Å². The molecule has 1 aromatic heterocycles. The molecule has 0 saturated heterocycles. The van der Waals surface area contributed by atoms with E-state index in [1.54, 1.807) is 23.0 Å². The number of nitrogens with zero attached hydrogens (tertiary/aromatic N) is 4. The van der Waals surface area contributed by atoms with E-state index in [0.717, 1.165) is 11.6 Å². The number of carbonyl (C=O) groups is 1. The molecule has 1 unspecified atom stereocenters. The quantitative estimate of drug-likeness (QED) is 0.549. The van der Waals surface area contributed by atoms with E-state index in [9.17, 15) is 18.0 Å². The fourth-order valence-electron chi connectivity index (χ4n) is 3.58. The molecular formula is C22H19F3N4O. The van der Waals surface area contributed by atoms with Crippen LogP contribution in [0.1, 0.15) is 30.9 Å². The van der Waals surface area contributed by atoms with Crippen LogP contribution in [0.2, 0.25) is 0 Å². The Morgan fingerprint density at radius 3 is 2.67 bits per heavy atom. The van der Waals surface area contributed by atoms with Gasteiger partial charge in [0.25, 0.3) is 0 Å². The van der Waals surface area contributed by atoms with Gasteiger partial charge in [-0.1, -0.05) is 18.2 Å². The molecule has 1 aliphatic rings. The third-order valence-electron chi connectivity index (χ3n) is 5.06. The van der Waals surface area contributed by atoms with E-state index in [-0.39, 0.29) is 18.1 Å². The molecule has 30 heavy (non-hydrogen) atoms. The number of hydrogen-bond acceptors (Lipinski definition) is 3. The Morgan fingerprint density at radius 2 is 1.90 bits per heavy atom. The highest BCUT2D eigenvalue weighted by Gasteiger charge is 2.28. The molecule has 0 N–H and O–H groups in total. The van der Waals surface area contributed by atoms with Crippen LogP contribution < -0.4 is 0 Å². The van der Waals surface area contributed by atoms with Crippen molar-refractivity contribution in [1.82, 2.24) is 14.8 Å². The maximum atomic E-state index is 13.8. The zero-order valence-corrected chi connectivity index (χ0v) is 16.1. The second-order valence-electron chi connectivity index (χ2n) is 7.22. The van der Waals surface area contributed by atoms with Gasteiger partial charge in [-0.15, -0.1) is 0 Å². The Hall–Kier alpha value is -3.42. The molecule has 1 atom stereocenters. The summed E-state index contributed by atoms with van der Waals surface area (Å²) in [5, 5.41) is 9.97. The van der Waals surface area contributed by atoms with Gasteiger partial charge in [-0.2, -0.15) is 10.2 Å². The summed E-state index contributed by atoms with van der Waals surface area (Å²) >= 11 is 0. The predicted molar refractivity (Wildman–Crippen MR) is 107 cm³/mol. The summed E-state index contributed by atoms with van der Waals surface area (Å²) < 4.78 is 42.5. The van der Waals surface area contributed by atoms with Crippen LogP contribution in [0.5, 0.6) is 0 Å². The summed E-state index contributed by atoms with van der Waals surface area (Å²) in [7, 11) is 0. The lowest BCUT2D eigenvalue weighted by Crippen LogP contribution is -2.27. The topological polar surface area (TPSA) is 50.5 Å². The van der Waals surface area contributed by atoms with Gasteiger partial charge in [0.05, 0.1) is 29.7 Å². The van der Waals surface area contributed by atoms with Crippen LogP contribution >= 0.6 is 0 Å². The van der Waals surface area contributed by atoms with Gasteiger partial charge in [0.1, 0.15) is 17.5 Å². The third-order valence-corrected chi connectivity index (χ3v) is 5.06. The van der Waals surface area contributed by atoms with Crippen LogP contribution in [0.3, 0.4) is 0 Å². The number of fused-ring (bicyclic) bond motifs is 1. The first-order valence-corrected chi connectivity index (χ1v) is 9.49. The number of carbonyl (C=O) groups excluding carboxylic acids is 1. The van der Waals surface area contributed by atoms with Crippen LogP contribution in [0.25, 0.3) is 10.9 Å². The summed E-state index contributed by atoms with van der Waals surface area (Å²) in [6.07, 6.45) is 3.93. The molecule has 0 aliphatic carbocycles. The highest BCUT2D eigenvalue weighted by atomic mass is 19.1. The number of amides is 1. The van der Waals surface area contributed by atoms with Crippen molar-refractivity contribution in [2.24, 2.45) is 5.10 Å². The highest BCUT2D eigenvalue weighted by molar-refractivity contribution is 5.80. The van der Waals surface area contributed by atoms with Crippen LogP contribution in [-0.4, -0.2) is 26.9 Å². The fourth-order valence-corrected chi connectivity index (χ4v) is 3.58. The molecule has 5 nitrogen and oxygen atoms in total. The molecule has 154 valence electrons. The number of aromatic nitrogens is 2. The average Bonchev–Trinajstić information content (AvgIpc) is 3.34. The molecular weight excluding hydrogens is 393 g/mol. The number of hydrogen-bond donors (Lipinski definition) is 0. The maximum absolute atomic E-state index is 13.8. The molecule has 4 rings (SSSR count). The van der Waals surface area contributed by atoms with Crippen LogP contribution in [-0.2, 0) is 11.3 Å². The van der Waals surface area contributed by atoms with E-state index in [0.29, 0.717) is 35.9 Å². The largest absolute Gasteiger partial charge is 0.273 e. The van der Waals surface area contributed by atoms with E-state index < -0.39 is 17.7 Å². The standard InChI is InChI=1S/C22H19F3N4O/c1-14(13-28-21-4-2-3-19(25)18(21)12-27-28)5-6-22(30)29-20(7-8-26-29)15-9-16(23)11-17(24)10-15/h2-4,8-12,20H,1,5-7,13H2. The van der Waals surface area contributed by atoms with Crippen molar-refractivity contribution in [3.8, 4) is 0 Å². The minimum Gasteiger partial charge on any atom is -0.273 e. The zero-order chi connectivity index (χ0) is 21.3. The van der Waals surface area contributed by atoms with Gasteiger partial charge in [0.2, 0.25) is 5.91 Å². The van der Waals surface area contributed by atoms with Crippen LogP contribution in [0.15, 0.2) is 59.8 Å². The average molecular weight is 412 g/mol. The van der Waals surface area contributed by atoms with E-state index in [1.807, 2.05) is 0 Å². The SMILES string of the molecule is C=C(CCC(=O)N1N=CCC1c1cc(F)cc(F)c1)Cn1ncc2c(F)cccc21. The summed E-state index contributed by atoms with van der Waals surface area (Å²) in [5.74, 6) is -2.00. The minimum absolute atomic E-state index is 0.137. The summed E-state index contributed by atoms with van der Waals surface area (Å²) in [5.41, 5.74) is 1.76. The van der Waals surface area contributed by atoms with Crippen molar-refractivity contribution in [2.45, 2.75) is 31.8 Å². The Morgan fingerprint density at radius 1 is 1.13 bits per heavy atom. The van der Waals surface area contributed by atoms with E-state index in [1.165, 1.54) is 29.4 Å². The van der Waals surface area contributed by atoms with Gasteiger partial charge in [-0.3, -0.25) is 9.48 Å². The first-order chi connectivity index (χ1) is 14.4. The first kappa shape index (κ1) is 19.9. The minimum atomic E-state index is -0.694. The lowest BCUT2D eigenvalue weighted by atomic mass is 10.0. The second-order valence-corrected chi connectivity index (χ2v) is 7.22. The Bertz CT molecular complexity index is 1130. The Balaban J connectivity index is 1.39.